The second-order valence-electron chi connectivity index (χ2n) is 7.04. The molecule has 3 aromatic rings. The summed E-state index contributed by atoms with van der Waals surface area (Å²) in [7, 11) is 1.24. The van der Waals surface area contributed by atoms with Crippen LogP contribution in [-0.4, -0.2) is 41.5 Å². The van der Waals surface area contributed by atoms with Gasteiger partial charge in [-0.25, -0.2) is 9.78 Å². The number of hydrogen-bond donors (Lipinski definition) is 1. The number of hydrogen-bond acceptors (Lipinski definition) is 9. The summed E-state index contributed by atoms with van der Waals surface area (Å²) >= 11 is 0.918. The lowest BCUT2D eigenvalue weighted by molar-refractivity contribution is -0.132. The topological polar surface area (TPSA) is 119 Å². The van der Waals surface area contributed by atoms with Crippen molar-refractivity contribution in [1.82, 2.24) is 4.98 Å². The summed E-state index contributed by atoms with van der Waals surface area (Å²) in [6.07, 6.45) is 1.40. The Hall–Kier alpha value is -3.92. The Morgan fingerprint density at radius 3 is 2.58 bits per heavy atom. The molecule has 33 heavy (non-hydrogen) atoms. The van der Waals surface area contributed by atoms with Crippen molar-refractivity contribution in [2.24, 2.45) is 0 Å². The van der Waals surface area contributed by atoms with Crippen molar-refractivity contribution in [2.75, 3.05) is 18.6 Å². The molecule has 10 heteroatoms. The van der Waals surface area contributed by atoms with Gasteiger partial charge in [-0.15, -0.1) is 0 Å². The minimum atomic E-state index is -1.07. The number of thiazole rings is 1. The van der Waals surface area contributed by atoms with E-state index in [0.29, 0.717) is 23.6 Å². The van der Waals surface area contributed by atoms with E-state index in [9.17, 15) is 19.5 Å². The number of aryl methyl sites for hydroxylation is 1. The van der Waals surface area contributed by atoms with E-state index < -0.39 is 23.7 Å². The van der Waals surface area contributed by atoms with Crippen molar-refractivity contribution in [3.63, 3.8) is 0 Å². The molecular formula is C23H20N2O7S. The average molecular weight is 468 g/mol. The highest BCUT2D eigenvalue weighted by Gasteiger charge is 2.49. The summed E-state index contributed by atoms with van der Waals surface area (Å²) in [6.45, 7) is 3.94. The standard InChI is InChI=1S/C23H20N2O7S/c1-4-31-14-9-7-13(8-10-14)18(26)16-17(15-6-5-11-32-15)25(21(28)19(16)27)23-24-12(2)20(33-23)22(29)30-3/h5-11,17,26H,4H2,1-3H3/t17-/m1/s1. The molecule has 0 bridgehead atoms. The van der Waals surface area contributed by atoms with Gasteiger partial charge >= 0.3 is 11.9 Å². The smallest absolute Gasteiger partial charge is 0.350 e. The molecule has 0 saturated carbocycles. The molecule has 0 unspecified atom stereocenters. The van der Waals surface area contributed by atoms with Gasteiger partial charge in [0.15, 0.2) is 5.13 Å². The fraction of sp³-hybridized carbons (Fsp3) is 0.217. The SMILES string of the molecule is CCOc1ccc(C(O)=C2C(=O)C(=O)N(c3nc(C)c(C(=O)OC)s3)[C@@H]2c2ccco2)cc1. The van der Waals surface area contributed by atoms with Crippen molar-refractivity contribution in [1.29, 1.82) is 0 Å². The normalized spacial score (nSPS) is 17.4. The summed E-state index contributed by atoms with van der Waals surface area (Å²) in [5.41, 5.74) is 0.540. The number of aromatic nitrogens is 1. The van der Waals surface area contributed by atoms with E-state index in [1.165, 1.54) is 13.4 Å². The first-order chi connectivity index (χ1) is 15.9. The molecule has 1 fully saturated rings. The molecule has 170 valence electrons. The number of methoxy groups -OCH3 is 1. The number of Topliss-reactive ketones (excluding diaryl/α,β-unsaturated/α-hetero) is 1. The van der Waals surface area contributed by atoms with E-state index in [2.05, 4.69) is 4.98 Å². The van der Waals surface area contributed by atoms with Gasteiger partial charge in [0.1, 0.15) is 28.2 Å². The second kappa shape index (κ2) is 8.91. The van der Waals surface area contributed by atoms with E-state index in [1.54, 1.807) is 43.3 Å². The third-order valence-corrected chi connectivity index (χ3v) is 6.19. The van der Waals surface area contributed by atoms with E-state index in [1.807, 2.05) is 6.92 Å². The van der Waals surface area contributed by atoms with Crippen LogP contribution in [0.3, 0.4) is 0 Å². The van der Waals surface area contributed by atoms with Crippen molar-refractivity contribution in [3.8, 4) is 5.75 Å². The van der Waals surface area contributed by atoms with Gasteiger partial charge in [-0.05, 0) is 50.2 Å². The Bertz CT molecular complexity index is 1240. The molecule has 3 heterocycles. The third-order valence-electron chi connectivity index (χ3n) is 5.06. The van der Waals surface area contributed by atoms with Gasteiger partial charge in [-0.1, -0.05) is 11.3 Å². The van der Waals surface area contributed by atoms with Crippen molar-refractivity contribution < 1.29 is 33.4 Å². The van der Waals surface area contributed by atoms with Gasteiger partial charge in [0.05, 0.1) is 31.2 Å². The number of rotatable bonds is 6. The predicted molar refractivity (Wildman–Crippen MR) is 119 cm³/mol. The van der Waals surface area contributed by atoms with Crippen LogP contribution in [0.25, 0.3) is 5.76 Å². The number of aliphatic hydroxyl groups is 1. The first-order valence-corrected chi connectivity index (χ1v) is 10.8. The van der Waals surface area contributed by atoms with Crippen molar-refractivity contribution in [3.05, 3.63) is 70.1 Å². The Labute approximate surface area is 192 Å². The zero-order chi connectivity index (χ0) is 23.7. The number of anilines is 1. The number of amides is 1. The molecule has 0 aliphatic carbocycles. The quantitative estimate of drug-likeness (QED) is 0.251. The number of furan rings is 1. The molecule has 1 saturated heterocycles. The van der Waals surface area contributed by atoms with Crippen LogP contribution >= 0.6 is 11.3 Å². The fourth-order valence-corrected chi connectivity index (χ4v) is 4.56. The summed E-state index contributed by atoms with van der Waals surface area (Å²) < 4.78 is 15.7. The van der Waals surface area contributed by atoms with Crippen LogP contribution in [0.4, 0.5) is 5.13 Å². The van der Waals surface area contributed by atoms with E-state index in [4.69, 9.17) is 13.9 Å². The second-order valence-corrected chi connectivity index (χ2v) is 8.02. The van der Waals surface area contributed by atoms with Crippen LogP contribution in [0.1, 0.15) is 39.7 Å². The highest BCUT2D eigenvalue weighted by molar-refractivity contribution is 7.17. The molecule has 1 atom stereocenters. The van der Waals surface area contributed by atoms with Gasteiger partial charge < -0.3 is 19.0 Å². The summed E-state index contributed by atoms with van der Waals surface area (Å²) in [5, 5.41) is 11.2. The lowest BCUT2D eigenvalue weighted by Crippen LogP contribution is -2.29. The van der Waals surface area contributed by atoms with E-state index in [-0.39, 0.29) is 27.1 Å². The largest absolute Gasteiger partial charge is 0.507 e. The number of ether oxygens (including phenoxy) is 2. The molecular weight excluding hydrogens is 448 g/mol. The average Bonchev–Trinajstić information content (AvgIpc) is 3.53. The predicted octanol–water partition coefficient (Wildman–Crippen LogP) is 3.86. The zero-order valence-corrected chi connectivity index (χ0v) is 18.8. The molecule has 4 rings (SSSR count). The van der Waals surface area contributed by atoms with E-state index >= 15 is 0 Å². The number of carbonyl (C=O) groups is 3. The molecule has 0 spiro atoms. The lowest BCUT2D eigenvalue weighted by Gasteiger charge is -2.20. The minimum Gasteiger partial charge on any atom is -0.507 e. The van der Waals surface area contributed by atoms with Crippen molar-refractivity contribution >= 4 is 39.9 Å². The van der Waals surface area contributed by atoms with Crippen LogP contribution in [0, 0.1) is 6.92 Å². The Balaban J connectivity index is 1.85. The third kappa shape index (κ3) is 3.89. The number of esters is 1. The van der Waals surface area contributed by atoms with Gasteiger partial charge in [0.25, 0.3) is 5.78 Å². The van der Waals surface area contributed by atoms with Crippen LogP contribution in [-0.2, 0) is 14.3 Å². The summed E-state index contributed by atoms with van der Waals surface area (Å²) in [5.74, 6) is -1.89. The first-order valence-electron chi connectivity index (χ1n) is 10.0. The molecule has 1 aliphatic rings. The lowest BCUT2D eigenvalue weighted by atomic mass is 9.99. The van der Waals surface area contributed by atoms with Crippen LogP contribution in [0.15, 0.2) is 52.7 Å². The zero-order valence-electron chi connectivity index (χ0n) is 18.0. The van der Waals surface area contributed by atoms with Crippen molar-refractivity contribution in [2.45, 2.75) is 19.9 Å². The van der Waals surface area contributed by atoms with Crippen LogP contribution < -0.4 is 9.64 Å². The van der Waals surface area contributed by atoms with Crippen LogP contribution in [0.5, 0.6) is 5.75 Å². The Morgan fingerprint density at radius 2 is 1.97 bits per heavy atom. The van der Waals surface area contributed by atoms with E-state index in [0.717, 1.165) is 16.2 Å². The van der Waals surface area contributed by atoms with Gasteiger partial charge in [-0.3, -0.25) is 14.5 Å². The molecule has 1 amide bonds. The number of benzene rings is 1. The number of aliphatic hydroxyl groups excluding tert-OH is 1. The highest BCUT2D eigenvalue weighted by atomic mass is 32.1. The molecule has 1 N–H and O–H groups in total. The number of carbonyl (C=O) groups excluding carboxylic acids is 3. The summed E-state index contributed by atoms with van der Waals surface area (Å²) in [4.78, 5) is 43.8. The molecule has 9 nitrogen and oxygen atoms in total. The Morgan fingerprint density at radius 1 is 1.24 bits per heavy atom. The monoisotopic (exact) mass is 468 g/mol. The van der Waals surface area contributed by atoms with Crippen LogP contribution in [0.2, 0.25) is 0 Å². The maximum absolute atomic E-state index is 13.1. The molecule has 0 radical (unpaired) electrons. The Kier molecular flexibility index (Phi) is 6.01. The minimum absolute atomic E-state index is 0.113. The maximum atomic E-state index is 13.1. The molecule has 2 aromatic heterocycles. The first kappa shape index (κ1) is 22.3. The number of nitrogens with zero attached hydrogens (tertiary/aromatic N) is 2. The van der Waals surface area contributed by atoms with Gasteiger partial charge in [0, 0.05) is 5.56 Å². The fourth-order valence-electron chi connectivity index (χ4n) is 3.54. The van der Waals surface area contributed by atoms with Gasteiger partial charge in [-0.2, -0.15) is 0 Å². The molecule has 1 aromatic carbocycles. The number of ketones is 1. The van der Waals surface area contributed by atoms with Gasteiger partial charge in [0.2, 0.25) is 0 Å². The summed E-state index contributed by atoms with van der Waals surface area (Å²) in [6, 6.07) is 8.64. The molecule has 1 aliphatic heterocycles. The highest BCUT2D eigenvalue weighted by Crippen LogP contribution is 2.44. The maximum Gasteiger partial charge on any atom is 0.350 e.